The molecular weight excluding hydrogens is 579 g/mol. The number of halogens is 3. The molecule has 0 aromatic heterocycles. The van der Waals surface area contributed by atoms with E-state index in [2.05, 4.69) is 16.0 Å². The van der Waals surface area contributed by atoms with Crippen molar-refractivity contribution in [3.63, 3.8) is 0 Å². The number of carboxylic acids is 1. The van der Waals surface area contributed by atoms with E-state index >= 15 is 0 Å². The van der Waals surface area contributed by atoms with E-state index in [1.165, 1.54) is 50.1 Å². The highest BCUT2D eigenvalue weighted by atomic mass is 19.4. The van der Waals surface area contributed by atoms with Gasteiger partial charge in [0.1, 0.15) is 5.75 Å². The molecule has 5 N–H and O–H groups in total. The topological polar surface area (TPSA) is 137 Å². The molecule has 1 saturated carbocycles. The summed E-state index contributed by atoms with van der Waals surface area (Å²) >= 11 is 0. The number of benzene rings is 3. The van der Waals surface area contributed by atoms with Gasteiger partial charge >= 0.3 is 18.2 Å². The van der Waals surface area contributed by atoms with Crippen LogP contribution >= 0.6 is 0 Å². The number of ether oxygens (including phenoxy) is 1. The van der Waals surface area contributed by atoms with Crippen molar-refractivity contribution in [2.45, 2.75) is 56.3 Å². The summed E-state index contributed by atoms with van der Waals surface area (Å²) in [5, 5.41) is 25.9. The fourth-order valence-corrected chi connectivity index (χ4v) is 5.21. The number of rotatable bonds is 10. The van der Waals surface area contributed by atoms with Crippen molar-refractivity contribution in [2.24, 2.45) is 0 Å². The van der Waals surface area contributed by atoms with Gasteiger partial charge in [-0.05, 0) is 59.7 Å². The molecule has 234 valence electrons. The number of amides is 3. The van der Waals surface area contributed by atoms with Gasteiger partial charge in [-0.15, -0.1) is 0 Å². The monoisotopic (exact) mass is 613 g/mol. The van der Waals surface area contributed by atoms with Gasteiger partial charge in [-0.3, -0.25) is 4.79 Å². The molecule has 3 aromatic carbocycles. The Hall–Kier alpha value is -4.58. The summed E-state index contributed by atoms with van der Waals surface area (Å²) in [6.07, 6.45) is -0.615. The van der Waals surface area contributed by atoms with E-state index in [0.717, 1.165) is 25.0 Å². The summed E-state index contributed by atoms with van der Waals surface area (Å²) in [5.74, 6) is -1.68. The molecule has 1 aliphatic rings. The number of alkyl halides is 3. The molecule has 0 bridgehead atoms. The van der Waals surface area contributed by atoms with Gasteiger partial charge in [-0.25, -0.2) is 9.59 Å². The smallest absolute Gasteiger partial charge is 0.416 e. The predicted octanol–water partition coefficient (Wildman–Crippen LogP) is 5.85. The van der Waals surface area contributed by atoms with Crippen LogP contribution in [0.15, 0.2) is 66.7 Å². The molecule has 44 heavy (non-hydrogen) atoms. The highest BCUT2D eigenvalue weighted by Crippen LogP contribution is 2.35. The zero-order chi connectivity index (χ0) is 31.9. The zero-order valence-electron chi connectivity index (χ0n) is 24.0. The van der Waals surface area contributed by atoms with Crippen molar-refractivity contribution >= 4 is 23.6 Å². The standard InChI is InChI=1S/C32H34F3N3O6/c1-44-26-16-24(32(33,34)35)15-25(17-26)37-31(43)38-28(21-9-7-20(8-10-21)19-5-3-2-4-6-19)22-11-13-23(14-12-22)29(40)36-18-27(39)30(41)42/h7-17,19,27-28,39H,2-6,18H2,1H3,(H,36,40)(H,41,42)(H2,37,38,43). The number of carboxylic acid groups (broad SMARTS) is 1. The van der Waals surface area contributed by atoms with Gasteiger partial charge in [0.05, 0.1) is 25.3 Å². The number of carbonyl (C=O) groups excluding carboxylic acids is 2. The van der Waals surface area contributed by atoms with Crippen molar-refractivity contribution in [1.82, 2.24) is 10.6 Å². The van der Waals surface area contributed by atoms with Crippen LogP contribution in [-0.4, -0.2) is 47.9 Å². The third-order valence-electron chi connectivity index (χ3n) is 7.60. The maximum absolute atomic E-state index is 13.4. The van der Waals surface area contributed by atoms with Crippen LogP contribution in [0.5, 0.6) is 5.75 Å². The molecule has 2 atom stereocenters. The highest BCUT2D eigenvalue weighted by molar-refractivity contribution is 5.94. The average molecular weight is 614 g/mol. The first-order valence-corrected chi connectivity index (χ1v) is 14.2. The molecular formula is C32H34F3N3O6. The Kier molecular flexibility index (Phi) is 10.5. The van der Waals surface area contributed by atoms with Crippen molar-refractivity contribution in [3.8, 4) is 5.75 Å². The number of nitrogens with one attached hydrogen (secondary N) is 3. The second-order valence-electron chi connectivity index (χ2n) is 10.7. The van der Waals surface area contributed by atoms with Crippen molar-refractivity contribution in [3.05, 3.63) is 94.5 Å². The lowest BCUT2D eigenvalue weighted by Crippen LogP contribution is -2.36. The molecule has 12 heteroatoms. The molecule has 1 aliphatic carbocycles. The number of carbonyl (C=O) groups is 3. The number of urea groups is 1. The summed E-state index contributed by atoms with van der Waals surface area (Å²) in [5.41, 5.74) is 1.59. The van der Waals surface area contributed by atoms with Gasteiger partial charge in [0.15, 0.2) is 6.10 Å². The van der Waals surface area contributed by atoms with Crippen molar-refractivity contribution < 1.29 is 42.5 Å². The van der Waals surface area contributed by atoms with E-state index in [4.69, 9.17) is 9.84 Å². The van der Waals surface area contributed by atoms with Crippen molar-refractivity contribution in [2.75, 3.05) is 19.0 Å². The minimum atomic E-state index is -4.65. The van der Waals surface area contributed by atoms with Crippen LogP contribution in [0.3, 0.4) is 0 Å². The third-order valence-corrected chi connectivity index (χ3v) is 7.60. The van der Waals surface area contributed by atoms with E-state index in [1.807, 2.05) is 24.3 Å². The van der Waals surface area contributed by atoms with Crippen LogP contribution in [0.2, 0.25) is 0 Å². The lowest BCUT2D eigenvalue weighted by atomic mass is 9.83. The maximum atomic E-state index is 13.4. The zero-order valence-corrected chi connectivity index (χ0v) is 24.0. The lowest BCUT2D eigenvalue weighted by molar-refractivity contribution is -0.146. The van der Waals surface area contributed by atoms with Gasteiger partial charge in [0.25, 0.3) is 5.91 Å². The predicted molar refractivity (Wildman–Crippen MR) is 157 cm³/mol. The van der Waals surface area contributed by atoms with E-state index < -0.39 is 48.3 Å². The number of hydrogen-bond donors (Lipinski definition) is 5. The summed E-state index contributed by atoms with van der Waals surface area (Å²) in [7, 11) is 1.23. The summed E-state index contributed by atoms with van der Waals surface area (Å²) in [6.45, 7) is -0.478. The van der Waals surface area contributed by atoms with Gasteiger partial charge in [-0.1, -0.05) is 55.7 Å². The fraction of sp³-hybridized carbons (Fsp3) is 0.344. The Morgan fingerprint density at radius 1 is 0.932 bits per heavy atom. The molecule has 0 aliphatic heterocycles. The Bertz CT molecular complexity index is 1460. The minimum Gasteiger partial charge on any atom is -0.497 e. The van der Waals surface area contributed by atoms with Crippen LogP contribution in [0.1, 0.15) is 76.7 Å². The highest BCUT2D eigenvalue weighted by Gasteiger charge is 2.32. The van der Waals surface area contributed by atoms with E-state index in [1.54, 1.807) is 12.1 Å². The minimum absolute atomic E-state index is 0.0743. The van der Waals surface area contributed by atoms with Gasteiger partial charge in [0.2, 0.25) is 0 Å². The van der Waals surface area contributed by atoms with Crippen LogP contribution in [0.25, 0.3) is 0 Å². The number of aliphatic hydroxyl groups is 1. The Labute approximate surface area is 252 Å². The summed E-state index contributed by atoms with van der Waals surface area (Å²) in [6, 6.07) is 15.4. The largest absolute Gasteiger partial charge is 0.497 e. The van der Waals surface area contributed by atoms with E-state index in [0.29, 0.717) is 17.0 Å². The van der Waals surface area contributed by atoms with Gasteiger partial charge in [0, 0.05) is 17.3 Å². The van der Waals surface area contributed by atoms with E-state index in [-0.39, 0.29) is 17.0 Å². The summed E-state index contributed by atoms with van der Waals surface area (Å²) in [4.78, 5) is 36.4. The molecule has 0 heterocycles. The van der Waals surface area contributed by atoms with Crippen molar-refractivity contribution in [1.29, 1.82) is 0 Å². The Morgan fingerprint density at radius 3 is 2.11 bits per heavy atom. The van der Waals surface area contributed by atoms with Crippen LogP contribution < -0.4 is 20.7 Å². The third kappa shape index (κ3) is 8.50. The molecule has 9 nitrogen and oxygen atoms in total. The quantitative estimate of drug-likeness (QED) is 0.195. The molecule has 3 amide bonds. The number of aliphatic hydroxyl groups excluding tert-OH is 1. The SMILES string of the molecule is COc1cc(NC(=O)NC(c2ccc(C(=O)NCC(O)C(=O)O)cc2)c2ccc(C3CCCCC3)cc2)cc(C(F)(F)F)c1. The van der Waals surface area contributed by atoms with Gasteiger partial charge < -0.3 is 30.9 Å². The van der Waals surface area contributed by atoms with Crippen LogP contribution in [0.4, 0.5) is 23.7 Å². The number of anilines is 1. The number of methoxy groups -OCH3 is 1. The first-order valence-electron chi connectivity index (χ1n) is 14.2. The van der Waals surface area contributed by atoms with Gasteiger partial charge in [-0.2, -0.15) is 13.2 Å². The average Bonchev–Trinajstić information content (AvgIpc) is 3.02. The van der Waals surface area contributed by atoms with Crippen LogP contribution in [0, 0.1) is 0 Å². The number of hydrogen-bond acceptors (Lipinski definition) is 5. The first-order chi connectivity index (χ1) is 20.9. The Balaban J connectivity index is 1.57. The second-order valence-corrected chi connectivity index (χ2v) is 10.7. The molecule has 1 fully saturated rings. The summed E-state index contributed by atoms with van der Waals surface area (Å²) < 4.78 is 45.2. The molecule has 0 saturated heterocycles. The fourth-order valence-electron chi connectivity index (χ4n) is 5.21. The molecule has 0 spiro atoms. The maximum Gasteiger partial charge on any atom is 0.416 e. The second kappa shape index (κ2) is 14.3. The first kappa shape index (κ1) is 32.3. The van der Waals surface area contributed by atoms with E-state index in [9.17, 15) is 32.7 Å². The number of aliphatic carboxylic acids is 1. The van der Waals surface area contributed by atoms with Crippen LogP contribution in [-0.2, 0) is 11.0 Å². The lowest BCUT2D eigenvalue weighted by Gasteiger charge is -2.24. The Morgan fingerprint density at radius 2 is 1.55 bits per heavy atom. The normalized spacial score (nSPS) is 15.1. The molecule has 0 radical (unpaired) electrons. The molecule has 3 aromatic rings. The molecule has 2 unspecified atom stereocenters. The molecule has 4 rings (SSSR count).